The number of nitrogens with zero attached hydrogens (tertiary/aromatic N) is 2. The van der Waals surface area contributed by atoms with Crippen molar-refractivity contribution in [3.05, 3.63) is 52.4 Å². The molecule has 3 rings (SSSR count). The quantitative estimate of drug-likeness (QED) is 0.569. The van der Waals surface area contributed by atoms with Crippen LogP contribution in [0.2, 0.25) is 5.02 Å². The van der Waals surface area contributed by atoms with Crippen molar-refractivity contribution in [3.63, 3.8) is 0 Å². The van der Waals surface area contributed by atoms with E-state index >= 15 is 0 Å². The molecule has 0 saturated carbocycles. The fraction of sp³-hybridized carbons (Fsp3) is 0.381. The fourth-order valence-electron chi connectivity index (χ4n) is 3.51. The van der Waals surface area contributed by atoms with Crippen molar-refractivity contribution in [2.45, 2.75) is 32.4 Å². The van der Waals surface area contributed by atoms with Crippen LogP contribution in [0, 0.1) is 0 Å². The summed E-state index contributed by atoms with van der Waals surface area (Å²) in [7, 11) is 0. The Labute approximate surface area is 169 Å². The number of halogens is 1. The largest absolute Gasteiger partial charge is 0.395 e. The Bertz CT molecular complexity index is 881. The Balaban J connectivity index is 2.04. The van der Waals surface area contributed by atoms with Crippen molar-refractivity contribution in [3.8, 4) is 10.6 Å². The number of hydrogen-bond donors (Lipinski definition) is 2. The third-order valence-corrected chi connectivity index (χ3v) is 6.10. The highest BCUT2D eigenvalue weighted by Crippen LogP contribution is 2.34. The summed E-state index contributed by atoms with van der Waals surface area (Å²) in [4.78, 5) is 7.97. The Morgan fingerprint density at radius 1 is 1.19 bits per heavy atom. The predicted molar refractivity (Wildman–Crippen MR) is 113 cm³/mol. The van der Waals surface area contributed by atoms with E-state index in [4.69, 9.17) is 16.6 Å². The average molecular weight is 405 g/mol. The van der Waals surface area contributed by atoms with Crippen LogP contribution < -0.4 is 0 Å². The molecule has 0 spiro atoms. The highest BCUT2D eigenvalue weighted by Gasteiger charge is 2.22. The number of aliphatic hydroxyl groups is 2. The van der Waals surface area contributed by atoms with Crippen LogP contribution in [0.15, 0.2) is 41.8 Å². The molecule has 0 fully saturated rings. The molecule has 4 nitrogen and oxygen atoms in total. The minimum Gasteiger partial charge on any atom is -0.395 e. The molecule has 3 aromatic rings. The normalized spacial score (nSPS) is 14.0. The molecule has 6 heteroatoms. The van der Waals surface area contributed by atoms with E-state index in [-0.39, 0.29) is 12.6 Å². The summed E-state index contributed by atoms with van der Waals surface area (Å²) in [5.74, 6) is 0. The fourth-order valence-corrected chi connectivity index (χ4v) is 4.37. The molecule has 2 N–H and O–H groups in total. The lowest BCUT2D eigenvalue weighted by molar-refractivity contribution is 0.0721. The van der Waals surface area contributed by atoms with E-state index in [0.29, 0.717) is 11.4 Å². The topological polar surface area (TPSA) is 56.6 Å². The summed E-state index contributed by atoms with van der Waals surface area (Å²) in [6, 6.07) is 11.4. The number of aromatic nitrogens is 1. The first-order valence-electron chi connectivity index (χ1n) is 9.24. The zero-order chi connectivity index (χ0) is 19.4. The summed E-state index contributed by atoms with van der Waals surface area (Å²) < 4.78 is 0. The minimum absolute atomic E-state index is 0.0142. The highest BCUT2D eigenvalue weighted by atomic mass is 35.5. The predicted octanol–water partition coefficient (Wildman–Crippen LogP) is 4.74. The number of rotatable bonds is 8. The SMILES string of the molecule is CCN(CC)C(CO)CC(O)c1cc(-c2cccs2)nc2ccc(Cl)cc12. The number of thiophene rings is 1. The molecule has 144 valence electrons. The summed E-state index contributed by atoms with van der Waals surface area (Å²) >= 11 is 7.83. The second-order valence-electron chi connectivity index (χ2n) is 6.54. The van der Waals surface area contributed by atoms with Crippen molar-refractivity contribution in [1.82, 2.24) is 9.88 Å². The first-order valence-corrected chi connectivity index (χ1v) is 10.5. The lowest BCUT2D eigenvalue weighted by Gasteiger charge is -2.30. The van der Waals surface area contributed by atoms with Gasteiger partial charge in [0.05, 0.1) is 28.8 Å². The summed E-state index contributed by atoms with van der Waals surface area (Å²) in [6.07, 6.45) is -0.265. The molecule has 2 unspecified atom stereocenters. The lowest BCUT2D eigenvalue weighted by atomic mass is 9.97. The molecule has 0 amide bonds. The van der Waals surface area contributed by atoms with Gasteiger partial charge < -0.3 is 10.2 Å². The Hall–Kier alpha value is -1.50. The molecular formula is C21H25ClN2O2S. The molecule has 2 heterocycles. The standard InChI is InChI=1S/C21H25ClN2O2S/c1-3-24(4-2)15(13-25)11-20(26)17-12-19(21-6-5-9-27-21)23-18-8-7-14(22)10-16(17)18/h5-10,12,15,20,25-26H,3-4,11,13H2,1-2H3. The second kappa shape index (κ2) is 9.13. The molecule has 2 aromatic heterocycles. The van der Waals surface area contributed by atoms with Crippen LogP contribution in [-0.2, 0) is 0 Å². The third kappa shape index (κ3) is 4.50. The summed E-state index contributed by atoms with van der Waals surface area (Å²) in [6.45, 7) is 5.81. The first kappa shape index (κ1) is 20.2. The van der Waals surface area contributed by atoms with E-state index in [0.717, 1.165) is 40.1 Å². The number of aliphatic hydroxyl groups excluding tert-OH is 2. The van der Waals surface area contributed by atoms with Crippen LogP contribution in [0.5, 0.6) is 0 Å². The molecule has 0 aliphatic rings. The molecule has 0 aliphatic heterocycles. The van der Waals surface area contributed by atoms with Gasteiger partial charge >= 0.3 is 0 Å². The zero-order valence-electron chi connectivity index (χ0n) is 15.6. The van der Waals surface area contributed by atoms with Crippen LogP contribution in [-0.4, -0.2) is 45.8 Å². The van der Waals surface area contributed by atoms with Gasteiger partial charge in [-0.3, -0.25) is 4.90 Å². The third-order valence-electron chi connectivity index (χ3n) is 4.97. The van der Waals surface area contributed by atoms with Gasteiger partial charge in [-0.1, -0.05) is 31.5 Å². The summed E-state index contributed by atoms with van der Waals surface area (Å²) in [5.41, 5.74) is 2.46. The zero-order valence-corrected chi connectivity index (χ0v) is 17.2. The van der Waals surface area contributed by atoms with Gasteiger partial charge in [0.25, 0.3) is 0 Å². The number of benzene rings is 1. The highest BCUT2D eigenvalue weighted by molar-refractivity contribution is 7.13. The smallest absolute Gasteiger partial charge is 0.0813 e. The van der Waals surface area contributed by atoms with Gasteiger partial charge in [0.2, 0.25) is 0 Å². The Morgan fingerprint density at radius 2 is 1.96 bits per heavy atom. The molecule has 0 bridgehead atoms. The maximum Gasteiger partial charge on any atom is 0.0813 e. The summed E-state index contributed by atoms with van der Waals surface area (Å²) in [5, 5.41) is 24.4. The Morgan fingerprint density at radius 3 is 2.59 bits per heavy atom. The van der Waals surface area contributed by atoms with Crippen LogP contribution in [0.4, 0.5) is 0 Å². The maximum atomic E-state index is 11.1. The van der Waals surface area contributed by atoms with Crippen molar-refractivity contribution < 1.29 is 10.2 Å². The van der Waals surface area contributed by atoms with Gasteiger partial charge in [-0.25, -0.2) is 4.98 Å². The van der Waals surface area contributed by atoms with E-state index in [2.05, 4.69) is 18.7 Å². The first-order chi connectivity index (χ1) is 13.1. The molecule has 0 aliphatic carbocycles. The van der Waals surface area contributed by atoms with Crippen LogP contribution in [0.1, 0.15) is 31.9 Å². The molecule has 27 heavy (non-hydrogen) atoms. The second-order valence-corrected chi connectivity index (χ2v) is 7.93. The van der Waals surface area contributed by atoms with Gasteiger partial charge in [-0.15, -0.1) is 11.3 Å². The van der Waals surface area contributed by atoms with Crippen molar-refractivity contribution in [2.24, 2.45) is 0 Å². The molecule has 0 saturated heterocycles. The maximum absolute atomic E-state index is 11.1. The average Bonchev–Trinajstić information content (AvgIpc) is 3.22. The minimum atomic E-state index is -0.717. The Kier molecular flexibility index (Phi) is 6.84. The van der Waals surface area contributed by atoms with E-state index in [9.17, 15) is 10.2 Å². The van der Waals surface area contributed by atoms with E-state index in [1.165, 1.54) is 0 Å². The van der Waals surface area contributed by atoms with E-state index < -0.39 is 6.10 Å². The van der Waals surface area contributed by atoms with E-state index in [1.807, 2.05) is 41.8 Å². The van der Waals surface area contributed by atoms with Crippen LogP contribution >= 0.6 is 22.9 Å². The van der Waals surface area contributed by atoms with Crippen molar-refractivity contribution in [2.75, 3.05) is 19.7 Å². The number of likely N-dealkylation sites (N-methyl/N-ethyl adjacent to an activating group) is 1. The van der Waals surface area contributed by atoms with Crippen LogP contribution in [0.3, 0.4) is 0 Å². The molecule has 0 radical (unpaired) electrons. The molecule has 2 atom stereocenters. The van der Waals surface area contributed by atoms with Crippen molar-refractivity contribution in [1.29, 1.82) is 0 Å². The van der Waals surface area contributed by atoms with Gasteiger partial charge in [0.1, 0.15) is 0 Å². The number of pyridine rings is 1. The van der Waals surface area contributed by atoms with Gasteiger partial charge in [0, 0.05) is 16.5 Å². The van der Waals surface area contributed by atoms with Crippen LogP contribution in [0.25, 0.3) is 21.5 Å². The van der Waals surface area contributed by atoms with Crippen molar-refractivity contribution >= 4 is 33.8 Å². The number of hydrogen-bond acceptors (Lipinski definition) is 5. The van der Waals surface area contributed by atoms with Gasteiger partial charge in [0.15, 0.2) is 0 Å². The number of fused-ring (bicyclic) bond motifs is 1. The molecule has 1 aromatic carbocycles. The van der Waals surface area contributed by atoms with E-state index in [1.54, 1.807) is 11.3 Å². The monoisotopic (exact) mass is 404 g/mol. The molecular weight excluding hydrogens is 380 g/mol. The van der Waals surface area contributed by atoms with Gasteiger partial charge in [-0.2, -0.15) is 0 Å². The van der Waals surface area contributed by atoms with Gasteiger partial charge in [-0.05, 0) is 60.8 Å². The lowest BCUT2D eigenvalue weighted by Crippen LogP contribution is -2.38.